The van der Waals surface area contributed by atoms with Gasteiger partial charge in [0.2, 0.25) is 5.76 Å². The average Bonchev–Trinajstić information content (AvgIpc) is 3.32. The molecule has 0 radical (unpaired) electrons. The highest BCUT2D eigenvalue weighted by atomic mass is 19.4. The van der Waals surface area contributed by atoms with Gasteiger partial charge in [0, 0.05) is 39.3 Å². The lowest BCUT2D eigenvalue weighted by molar-refractivity contribution is -0.141. The molecule has 2 aliphatic rings. The molecule has 1 aromatic carbocycles. The van der Waals surface area contributed by atoms with E-state index < -0.39 is 23.5 Å². The predicted molar refractivity (Wildman–Crippen MR) is 148 cm³/mol. The Morgan fingerprint density at radius 3 is 2.38 bits per heavy atom. The number of hydrogen-bond donors (Lipinski definition) is 2. The molecule has 0 unspecified atom stereocenters. The van der Waals surface area contributed by atoms with Crippen molar-refractivity contribution < 1.29 is 27.2 Å². The summed E-state index contributed by atoms with van der Waals surface area (Å²) in [6.07, 6.45) is -0.244. The first-order valence-corrected chi connectivity index (χ1v) is 13.6. The largest absolute Gasteiger partial charge is 0.437 e. The molecule has 3 amide bonds. The maximum absolute atomic E-state index is 13.7. The van der Waals surface area contributed by atoms with Crippen molar-refractivity contribution in [3.8, 4) is 6.07 Å². The van der Waals surface area contributed by atoms with Crippen LogP contribution >= 0.6 is 0 Å². The fraction of sp³-hybridized carbons (Fsp3) is 0.393. The van der Waals surface area contributed by atoms with E-state index >= 15 is 0 Å². The van der Waals surface area contributed by atoms with Gasteiger partial charge in [0.05, 0.1) is 23.1 Å². The number of pyridine rings is 1. The number of piperidine rings is 1. The van der Waals surface area contributed by atoms with Crippen LogP contribution in [-0.4, -0.2) is 66.1 Å². The molecule has 220 valence electrons. The summed E-state index contributed by atoms with van der Waals surface area (Å²) >= 11 is 0. The standard InChI is InChI=1S/C28H29F3N8O3/c29-28(30,31)24-23(42-27(36-24)39-11-4-1-5-12-39)25(40)34-20-9-10-22(33-18-20)37-13-6-14-38(16-15-37)26(41)35-21-8-3-2-7-19(21)17-32/h2-3,7-10,18H,1,4-6,11-16H2,(H,34,40)(H,35,41). The van der Waals surface area contributed by atoms with Crippen LogP contribution in [0.5, 0.6) is 0 Å². The molecule has 0 bridgehead atoms. The number of oxazole rings is 1. The topological polar surface area (TPSA) is 131 Å². The fourth-order valence-electron chi connectivity index (χ4n) is 4.94. The third kappa shape index (κ3) is 6.56. The maximum Gasteiger partial charge on any atom is 0.437 e. The number of benzene rings is 1. The van der Waals surface area contributed by atoms with E-state index in [-0.39, 0.29) is 17.7 Å². The van der Waals surface area contributed by atoms with Crippen molar-refractivity contribution in [1.29, 1.82) is 5.26 Å². The first-order valence-electron chi connectivity index (χ1n) is 13.6. The highest BCUT2D eigenvalue weighted by Crippen LogP contribution is 2.35. The van der Waals surface area contributed by atoms with Gasteiger partial charge in [0.25, 0.3) is 11.9 Å². The summed E-state index contributed by atoms with van der Waals surface area (Å²) in [5.74, 6) is -1.37. The van der Waals surface area contributed by atoms with Gasteiger partial charge in [-0.25, -0.2) is 9.78 Å². The Hall–Kier alpha value is -4.80. The molecule has 0 saturated carbocycles. The van der Waals surface area contributed by atoms with Crippen molar-refractivity contribution in [3.63, 3.8) is 0 Å². The van der Waals surface area contributed by atoms with E-state index in [1.165, 1.54) is 6.20 Å². The van der Waals surface area contributed by atoms with Crippen molar-refractivity contribution in [2.75, 3.05) is 59.7 Å². The zero-order chi connectivity index (χ0) is 29.7. The highest BCUT2D eigenvalue weighted by molar-refractivity contribution is 6.03. The molecule has 0 atom stereocenters. The third-order valence-corrected chi connectivity index (χ3v) is 7.12. The van der Waals surface area contributed by atoms with E-state index in [4.69, 9.17) is 4.42 Å². The molecule has 14 heteroatoms. The number of anilines is 4. The number of amides is 3. The van der Waals surface area contributed by atoms with Gasteiger partial charge in [-0.2, -0.15) is 23.4 Å². The predicted octanol–water partition coefficient (Wildman–Crippen LogP) is 4.95. The molecule has 0 aliphatic carbocycles. The minimum Gasteiger partial charge on any atom is -0.417 e. The van der Waals surface area contributed by atoms with Gasteiger partial charge in [-0.1, -0.05) is 12.1 Å². The number of para-hydroxylation sites is 1. The second-order valence-corrected chi connectivity index (χ2v) is 9.99. The number of carbonyl (C=O) groups excluding carboxylic acids is 2. The number of halogens is 3. The van der Waals surface area contributed by atoms with E-state index in [9.17, 15) is 28.0 Å². The molecule has 2 saturated heterocycles. The lowest BCUT2D eigenvalue weighted by atomic mass is 10.1. The molecule has 42 heavy (non-hydrogen) atoms. The van der Waals surface area contributed by atoms with Gasteiger partial charge in [-0.3, -0.25) is 4.79 Å². The van der Waals surface area contributed by atoms with Crippen molar-refractivity contribution in [3.05, 3.63) is 59.6 Å². The van der Waals surface area contributed by atoms with Crippen LogP contribution in [0.2, 0.25) is 0 Å². The molecule has 2 fully saturated rings. The minimum absolute atomic E-state index is 0.194. The summed E-state index contributed by atoms with van der Waals surface area (Å²) in [7, 11) is 0. The molecular weight excluding hydrogens is 553 g/mol. The molecule has 2 N–H and O–H groups in total. The zero-order valence-electron chi connectivity index (χ0n) is 22.7. The van der Waals surface area contributed by atoms with Crippen LogP contribution < -0.4 is 20.4 Å². The van der Waals surface area contributed by atoms with Gasteiger partial charge in [-0.15, -0.1) is 0 Å². The number of urea groups is 1. The van der Waals surface area contributed by atoms with E-state index in [0.717, 1.165) is 19.3 Å². The molecular formula is C28H29F3N8O3. The second-order valence-electron chi connectivity index (χ2n) is 9.99. The molecule has 5 rings (SSSR count). The Morgan fingerprint density at radius 1 is 0.905 bits per heavy atom. The van der Waals surface area contributed by atoms with Crippen LogP contribution in [0.4, 0.5) is 41.2 Å². The Kier molecular flexibility index (Phi) is 8.46. The number of nitrogens with zero attached hydrogens (tertiary/aromatic N) is 6. The van der Waals surface area contributed by atoms with Crippen molar-refractivity contribution in [1.82, 2.24) is 14.9 Å². The lowest BCUT2D eigenvalue weighted by Crippen LogP contribution is -2.38. The number of carbonyl (C=O) groups is 2. The van der Waals surface area contributed by atoms with E-state index in [2.05, 4.69) is 26.7 Å². The van der Waals surface area contributed by atoms with Gasteiger partial charge in [-0.05, 0) is 49.9 Å². The van der Waals surface area contributed by atoms with Crippen LogP contribution in [0.25, 0.3) is 0 Å². The van der Waals surface area contributed by atoms with E-state index in [1.807, 2.05) is 4.90 Å². The molecule has 2 aromatic heterocycles. The minimum atomic E-state index is -4.86. The number of nitriles is 1. The van der Waals surface area contributed by atoms with Gasteiger partial charge in [0.15, 0.2) is 5.69 Å². The summed E-state index contributed by atoms with van der Waals surface area (Å²) in [6.45, 7) is 3.04. The Balaban J connectivity index is 1.21. The van der Waals surface area contributed by atoms with Crippen molar-refractivity contribution >= 4 is 35.1 Å². The van der Waals surface area contributed by atoms with Gasteiger partial charge < -0.3 is 29.8 Å². The number of nitrogens with one attached hydrogen (secondary N) is 2. The van der Waals surface area contributed by atoms with Crippen molar-refractivity contribution in [2.45, 2.75) is 31.9 Å². The number of hydrogen-bond acceptors (Lipinski definition) is 8. The zero-order valence-corrected chi connectivity index (χ0v) is 22.7. The van der Waals surface area contributed by atoms with E-state index in [0.29, 0.717) is 62.8 Å². The van der Waals surface area contributed by atoms with Crippen LogP contribution in [-0.2, 0) is 6.18 Å². The Bertz CT molecular complexity index is 1460. The van der Waals surface area contributed by atoms with Crippen LogP contribution in [0.15, 0.2) is 47.0 Å². The first-order chi connectivity index (χ1) is 20.2. The average molecular weight is 583 g/mol. The maximum atomic E-state index is 13.7. The molecule has 11 nitrogen and oxygen atoms in total. The normalized spacial score (nSPS) is 16.0. The van der Waals surface area contributed by atoms with Crippen molar-refractivity contribution in [2.24, 2.45) is 0 Å². The number of aromatic nitrogens is 2. The van der Waals surface area contributed by atoms with Crippen LogP contribution in [0.3, 0.4) is 0 Å². The van der Waals surface area contributed by atoms with Crippen LogP contribution in [0, 0.1) is 11.3 Å². The lowest BCUT2D eigenvalue weighted by Gasteiger charge is -2.24. The third-order valence-electron chi connectivity index (χ3n) is 7.12. The highest BCUT2D eigenvalue weighted by Gasteiger charge is 2.42. The summed E-state index contributed by atoms with van der Waals surface area (Å²) in [6, 6.07) is 11.5. The number of rotatable bonds is 5. The first kappa shape index (κ1) is 28.7. The molecule has 4 heterocycles. The SMILES string of the molecule is N#Cc1ccccc1NC(=O)N1CCCN(c2ccc(NC(=O)c3oc(N4CCCCC4)nc3C(F)(F)F)cn2)CC1. The fourth-order valence-corrected chi connectivity index (χ4v) is 4.94. The quantitative estimate of drug-likeness (QED) is 0.432. The van der Waals surface area contributed by atoms with Gasteiger partial charge in [0.1, 0.15) is 11.9 Å². The Morgan fingerprint density at radius 2 is 1.67 bits per heavy atom. The Labute approximate surface area is 239 Å². The number of alkyl halides is 3. The summed E-state index contributed by atoms with van der Waals surface area (Å²) < 4.78 is 46.3. The summed E-state index contributed by atoms with van der Waals surface area (Å²) in [5, 5.41) is 14.5. The second kappa shape index (κ2) is 12.4. The van der Waals surface area contributed by atoms with Crippen LogP contribution in [0.1, 0.15) is 47.5 Å². The molecule has 2 aliphatic heterocycles. The monoisotopic (exact) mass is 582 g/mol. The van der Waals surface area contributed by atoms with Gasteiger partial charge >= 0.3 is 12.2 Å². The summed E-state index contributed by atoms with van der Waals surface area (Å²) in [4.78, 5) is 38.9. The van der Waals surface area contributed by atoms with E-state index in [1.54, 1.807) is 46.2 Å². The smallest absolute Gasteiger partial charge is 0.417 e. The molecule has 3 aromatic rings. The summed E-state index contributed by atoms with van der Waals surface area (Å²) in [5.41, 5.74) is -0.348. The molecule has 0 spiro atoms.